The van der Waals surface area contributed by atoms with E-state index in [0.717, 1.165) is 10.9 Å². The van der Waals surface area contributed by atoms with E-state index in [1.165, 1.54) is 5.01 Å². The lowest BCUT2D eigenvalue weighted by molar-refractivity contribution is -0.132. The minimum atomic E-state index is -1.41. The highest BCUT2D eigenvalue weighted by atomic mass is 16.6. The Hall–Kier alpha value is -3.86. The molecule has 0 spiro atoms. The highest BCUT2D eigenvalue weighted by Gasteiger charge is 2.40. The van der Waals surface area contributed by atoms with Crippen LogP contribution in [0.25, 0.3) is 10.9 Å². The zero-order chi connectivity index (χ0) is 31.9. The number of ketones is 1. The first-order valence-electron chi connectivity index (χ1n) is 14.6. The number of nitrogens with two attached hydrogens (primary N) is 1. The van der Waals surface area contributed by atoms with Gasteiger partial charge in [0.05, 0.1) is 23.6 Å². The van der Waals surface area contributed by atoms with Crippen LogP contribution < -0.4 is 16.5 Å². The van der Waals surface area contributed by atoms with Gasteiger partial charge in [0.1, 0.15) is 17.5 Å². The van der Waals surface area contributed by atoms with Crippen LogP contribution in [-0.4, -0.2) is 62.8 Å². The second kappa shape index (κ2) is 14.5. The number of aromatic nitrogens is 1. The van der Waals surface area contributed by atoms with Crippen LogP contribution >= 0.6 is 0 Å². The van der Waals surface area contributed by atoms with Crippen molar-refractivity contribution in [1.82, 2.24) is 20.7 Å². The van der Waals surface area contributed by atoms with Gasteiger partial charge >= 0.3 is 6.09 Å². The third-order valence-corrected chi connectivity index (χ3v) is 7.01. The van der Waals surface area contributed by atoms with Gasteiger partial charge in [0.15, 0.2) is 5.78 Å². The van der Waals surface area contributed by atoms with Crippen molar-refractivity contribution in [2.24, 2.45) is 17.6 Å². The second-order valence-corrected chi connectivity index (χ2v) is 12.4. The quantitative estimate of drug-likeness (QED) is 0.181. The second-order valence-electron chi connectivity index (χ2n) is 12.4. The monoisotopic (exact) mass is 591 g/mol. The van der Waals surface area contributed by atoms with E-state index >= 15 is 0 Å². The summed E-state index contributed by atoms with van der Waals surface area (Å²) in [5.41, 5.74) is 10.1. The molecule has 3 rings (SSSR count). The van der Waals surface area contributed by atoms with Crippen molar-refractivity contribution in [3.8, 4) is 0 Å². The number of hydrogen-bond donors (Lipinski definition) is 4. The van der Waals surface area contributed by atoms with E-state index in [4.69, 9.17) is 10.5 Å². The van der Waals surface area contributed by atoms with E-state index in [2.05, 4.69) is 15.7 Å². The van der Waals surface area contributed by atoms with Gasteiger partial charge in [-0.05, 0) is 64.7 Å². The number of pyridine rings is 1. The lowest BCUT2D eigenvalue weighted by Gasteiger charge is -2.38. The number of Topliss-reactive ketones (excluding diaryl/α,β-unsaturated/α-hetero) is 1. The number of fused-ring (bicyclic) bond motifs is 1. The molecule has 232 valence electrons. The molecule has 0 aliphatic heterocycles. The molecule has 2 amide bonds. The Bertz CT molecular complexity index is 1390. The Kier molecular flexibility index (Phi) is 11.4. The normalized spacial score (nSPS) is 14.8. The zero-order valence-corrected chi connectivity index (χ0v) is 26.1. The molecule has 10 heteroatoms. The Labute approximate surface area is 254 Å². The van der Waals surface area contributed by atoms with E-state index in [1.807, 2.05) is 74.5 Å². The summed E-state index contributed by atoms with van der Waals surface area (Å²) in [5, 5.41) is 16.8. The standard InChI is InChI=1S/C33H45N5O5/c1-20(2)27(36-31(41)26-18-17-23-15-11-12-16-25(23)35-26)28(39)24(19-22-13-9-8-10-14-22)29(40)30(34)38(21(3)4)37-32(42)43-33(5,6)7/h8-18,20-21,24,27,29-30,40H,19,34H2,1-7H3,(H,36,41)(H,37,42)/t24-,27+,29-,30?/m1/s1. The van der Waals surface area contributed by atoms with Crippen molar-refractivity contribution in [2.75, 3.05) is 0 Å². The molecule has 0 bridgehead atoms. The van der Waals surface area contributed by atoms with Crippen LogP contribution in [0.4, 0.5) is 4.79 Å². The average Bonchev–Trinajstić information content (AvgIpc) is 2.95. The van der Waals surface area contributed by atoms with E-state index in [1.54, 1.807) is 40.7 Å². The fourth-order valence-electron chi connectivity index (χ4n) is 4.82. The van der Waals surface area contributed by atoms with Gasteiger partial charge in [-0.3, -0.25) is 15.0 Å². The lowest BCUT2D eigenvalue weighted by Crippen LogP contribution is -2.63. The molecule has 0 radical (unpaired) electrons. The SMILES string of the molecule is CC(C)[C@H](NC(=O)c1ccc2ccccc2n1)C(=O)[C@@H](Cc1ccccc1)[C@@H](O)C(N)N(NC(=O)OC(C)(C)C)C(C)C. The summed E-state index contributed by atoms with van der Waals surface area (Å²) >= 11 is 0. The molecule has 0 fully saturated rings. The maximum atomic E-state index is 14.2. The Morgan fingerprint density at radius 3 is 2.19 bits per heavy atom. The third kappa shape index (κ3) is 9.31. The third-order valence-electron chi connectivity index (χ3n) is 7.01. The molecule has 0 saturated heterocycles. The molecule has 43 heavy (non-hydrogen) atoms. The van der Waals surface area contributed by atoms with Crippen molar-refractivity contribution in [2.45, 2.75) is 84.8 Å². The number of para-hydroxylation sites is 1. The summed E-state index contributed by atoms with van der Waals surface area (Å²) in [7, 11) is 0. The van der Waals surface area contributed by atoms with Crippen LogP contribution in [0, 0.1) is 11.8 Å². The highest BCUT2D eigenvalue weighted by molar-refractivity contribution is 5.99. The molecule has 4 atom stereocenters. The number of carbonyl (C=O) groups excluding carboxylic acids is 3. The summed E-state index contributed by atoms with van der Waals surface area (Å²) in [5.74, 6) is -2.20. The van der Waals surface area contributed by atoms with Crippen LogP contribution in [0.2, 0.25) is 0 Å². The van der Waals surface area contributed by atoms with Crippen molar-refractivity contribution in [3.63, 3.8) is 0 Å². The van der Waals surface area contributed by atoms with Gasteiger partial charge in [0.2, 0.25) is 0 Å². The maximum absolute atomic E-state index is 14.2. The number of carbonyl (C=O) groups is 3. The minimum absolute atomic E-state index is 0.167. The number of amides is 2. The summed E-state index contributed by atoms with van der Waals surface area (Å²) in [4.78, 5) is 44.6. The molecule has 1 unspecified atom stereocenters. The fraction of sp³-hybridized carbons (Fsp3) is 0.455. The van der Waals surface area contributed by atoms with Crippen LogP contribution in [0.1, 0.15) is 64.5 Å². The molecule has 3 aromatic rings. The fourth-order valence-corrected chi connectivity index (χ4v) is 4.82. The van der Waals surface area contributed by atoms with Gasteiger partial charge in [0, 0.05) is 11.4 Å². The number of nitrogens with one attached hydrogen (secondary N) is 2. The van der Waals surface area contributed by atoms with Crippen molar-refractivity contribution >= 4 is 28.7 Å². The minimum Gasteiger partial charge on any atom is -0.443 e. The number of aliphatic hydroxyl groups is 1. The summed E-state index contributed by atoms with van der Waals surface area (Å²) < 4.78 is 5.38. The van der Waals surface area contributed by atoms with Crippen LogP contribution in [0.15, 0.2) is 66.7 Å². The Morgan fingerprint density at radius 2 is 1.58 bits per heavy atom. The van der Waals surface area contributed by atoms with Gasteiger partial charge in [0.25, 0.3) is 5.91 Å². The molecular weight excluding hydrogens is 546 g/mol. The Balaban J connectivity index is 1.90. The lowest BCUT2D eigenvalue weighted by atomic mass is 9.82. The number of hydrazine groups is 1. The molecular formula is C33H45N5O5. The maximum Gasteiger partial charge on any atom is 0.422 e. The van der Waals surface area contributed by atoms with E-state index in [0.29, 0.717) is 5.52 Å². The van der Waals surface area contributed by atoms with Crippen molar-refractivity contribution in [3.05, 3.63) is 78.0 Å². The average molecular weight is 592 g/mol. The van der Waals surface area contributed by atoms with E-state index in [9.17, 15) is 19.5 Å². The predicted molar refractivity (Wildman–Crippen MR) is 167 cm³/mol. The number of aliphatic hydroxyl groups excluding tert-OH is 1. The van der Waals surface area contributed by atoms with E-state index in [-0.39, 0.29) is 29.9 Å². The van der Waals surface area contributed by atoms with Crippen LogP contribution in [-0.2, 0) is 16.0 Å². The van der Waals surface area contributed by atoms with Crippen LogP contribution in [0.5, 0.6) is 0 Å². The molecule has 5 N–H and O–H groups in total. The number of benzene rings is 2. The number of nitrogens with zero attached hydrogens (tertiary/aromatic N) is 2. The van der Waals surface area contributed by atoms with E-state index < -0.39 is 41.8 Å². The van der Waals surface area contributed by atoms with Gasteiger partial charge < -0.3 is 20.9 Å². The molecule has 1 aromatic heterocycles. The highest BCUT2D eigenvalue weighted by Crippen LogP contribution is 2.23. The smallest absolute Gasteiger partial charge is 0.422 e. The van der Waals surface area contributed by atoms with Gasteiger partial charge in [-0.15, -0.1) is 0 Å². The number of rotatable bonds is 12. The zero-order valence-electron chi connectivity index (χ0n) is 26.1. The number of hydrogen-bond acceptors (Lipinski definition) is 8. The molecule has 0 aliphatic rings. The van der Waals surface area contributed by atoms with Crippen molar-refractivity contribution in [1.29, 1.82) is 0 Å². The van der Waals surface area contributed by atoms with Gasteiger partial charge in [-0.2, -0.15) is 5.01 Å². The predicted octanol–water partition coefficient (Wildman–Crippen LogP) is 4.21. The first-order valence-corrected chi connectivity index (χ1v) is 14.6. The number of ether oxygens (including phenoxy) is 1. The molecule has 10 nitrogen and oxygen atoms in total. The first kappa shape index (κ1) is 33.6. The van der Waals surface area contributed by atoms with Crippen LogP contribution in [0.3, 0.4) is 0 Å². The largest absolute Gasteiger partial charge is 0.443 e. The van der Waals surface area contributed by atoms with Crippen molar-refractivity contribution < 1.29 is 24.2 Å². The van der Waals surface area contributed by atoms with Gasteiger partial charge in [-0.25, -0.2) is 9.78 Å². The summed E-state index contributed by atoms with van der Waals surface area (Å²) in [6.45, 7) is 12.5. The topological polar surface area (TPSA) is 147 Å². The summed E-state index contributed by atoms with van der Waals surface area (Å²) in [6.07, 6.45) is -3.15. The Morgan fingerprint density at radius 1 is 0.953 bits per heavy atom. The molecule has 0 saturated carbocycles. The summed E-state index contributed by atoms with van der Waals surface area (Å²) in [6, 6.07) is 18.9. The molecule has 1 heterocycles. The molecule has 0 aliphatic carbocycles. The first-order chi connectivity index (χ1) is 20.2. The molecule has 2 aromatic carbocycles. The van der Waals surface area contributed by atoms with Gasteiger partial charge in [-0.1, -0.05) is 68.4 Å².